The molecule has 100 valence electrons. The summed E-state index contributed by atoms with van der Waals surface area (Å²) in [6.07, 6.45) is 0.984. The fourth-order valence-corrected chi connectivity index (χ4v) is 2.12. The standard InChI is InChI=1S/C13H15BrF2O2/c1-3-5-8(13(17)18-4-2)11-10(15)7-6-9(14)12(11)16/h6-8H,3-5H2,1-2H3. The Morgan fingerprint density at radius 3 is 2.61 bits per heavy atom. The summed E-state index contributed by atoms with van der Waals surface area (Å²) in [5.41, 5.74) is -0.218. The van der Waals surface area contributed by atoms with Gasteiger partial charge in [-0.1, -0.05) is 13.3 Å². The highest BCUT2D eigenvalue weighted by Crippen LogP contribution is 2.31. The van der Waals surface area contributed by atoms with Gasteiger partial charge in [0.25, 0.3) is 0 Å². The Bertz CT molecular complexity index is 435. The van der Waals surface area contributed by atoms with Gasteiger partial charge in [0, 0.05) is 5.56 Å². The number of rotatable bonds is 5. The van der Waals surface area contributed by atoms with Crippen LogP contribution in [0.5, 0.6) is 0 Å². The number of esters is 1. The van der Waals surface area contributed by atoms with Gasteiger partial charge in [-0.3, -0.25) is 4.79 Å². The molecule has 1 unspecified atom stereocenters. The summed E-state index contributed by atoms with van der Waals surface area (Å²) in [6.45, 7) is 3.70. The van der Waals surface area contributed by atoms with E-state index in [1.807, 2.05) is 6.92 Å². The van der Waals surface area contributed by atoms with E-state index in [1.165, 1.54) is 6.07 Å². The van der Waals surface area contributed by atoms with Crippen LogP contribution >= 0.6 is 15.9 Å². The minimum Gasteiger partial charge on any atom is -0.466 e. The average molecular weight is 321 g/mol. The highest BCUT2D eigenvalue weighted by Gasteiger charge is 2.28. The number of hydrogen-bond donors (Lipinski definition) is 0. The molecule has 1 atom stereocenters. The molecule has 0 aliphatic carbocycles. The van der Waals surface area contributed by atoms with Crippen molar-refractivity contribution in [2.24, 2.45) is 0 Å². The van der Waals surface area contributed by atoms with Crippen molar-refractivity contribution in [3.63, 3.8) is 0 Å². The van der Waals surface area contributed by atoms with Crippen LogP contribution in [0.15, 0.2) is 16.6 Å². The van der Waals surface area contributed by atoms with Gasteiger partial charge >= 0.3 is 5.97 Å². The molecule has 0 N–H and O–H groups in total. The molecule has 1 aromatic carbocycles. The third-order valence-electron chi connectivity index (χ3n) is 2.58. The maximum absolute atomic E-state index is 13.9. The van der Waals surface area contributed by atoms with Crippen molar-refractivity contribution in [2.75, 3.05) is 6.61 Å². The van der Waals surface area contributed by atoms with E-state index in [-0.39, 0.29) is 16.6 Å². The van der Waals surface area contributed by atoms with Crippen molar-refractivity contribution in [1.82, 2.24) is 0 Å². The van der Waals surface area contributed by atoms with Crippen LogP contribution in [-0.4, -0.2) is 12.6 Å². The third kappa shape index (κ3) is 3.28. The minimum atomic E-state index is -0.896. The molecule has 18 heavy (non-hydrogen) atoms. The lowest BCUT2D eigenvalue weighted by atomic mass is 9.93. The van der Waals surface area contributed by atoms with Crippen LogP contribution < -0.4 is 0 Å². The van der Waals surface area contributed by atoms with Gasteiger partial charge in [0.05, 0.1) is 17.0 Å². The number of ether oxygens (including phenoxy) is 1. The maximum Gasteiger partial charge on any atom is 0.313 e. The van der Waals surface area contributed by atoms with Crippen molar-refractivity contribution in [3.05, 3.63) is 33.8 Å². The normalized spacial score (nSPS) is 12.3. The fraction of sp³-hybridized carbons (Fsp3) is 0.462. The van der Waals surface area contributed by atoms with Crippen LogP contribution in [0.4, 0.5) is 8.78 Å². The number of benzene rings is 1. The Hall–Kier alpha value is -0.970. The van der Waals surface area contributed by atoms with E-state index in [9.17, 15) is 13.6 Å². The first kappa shape index (κ1) is 15.1. The summed E-state index contributed by atoms with van der Waals surface area (Å²) in [6, 6.07) is 2.42. The van der Waals surface area contributed by atoms with Crippen LogP contribution in [0, 0.1) is 11.6 Å². The van der Waals surface area contributed by atoms with Crippen molar-refractivity contribution < 1.29 is 18.3 Å². The van der Waals surface area contributed by atoms with Gasteiger partial charge in [-0.15, -0.1) is 0 Å². The summed E-state index contributed by atoms with van der Waals surface area (Å²) >= 11 is 2.99. The molecule has 0 spiro atoms. The minimum absolute atomic E-state index is 0.143. The van der Waals surface area contributed by atoms with Gasteiger partial charge in [0.1, 0.15) is 11.6 Å². The SMILES string of the molecule is CCCC(C(=O)OCC)c1c(F)ccc(Br)c1F. The fourth-order valence-electron chi connectivity index (χ4n) is 1.77. The zero-order valence-electron chi connectivity index (χ0n) is 10.3. The van der Waals surface area contributed by atoms with Crippen LogP contribution in [-0.2, 0) is 9.53 Å². The van der Waals surface area contributed by atoms with Gasteiger partial charge in [-0.2, -0.15) is 0 Å². The molecular weight excluding hydrogens is 306 g/mol. The van der Waals surface area contributed by atoms with Crippen LogP contribution in [0.3, 0.4) is 0 Å². The molecule has 0 bridgehead atoms. The smallest absolute Gasteiger partial charge is 0.313 e. The predicted octanol–water partition coefficient (Wildman–Crippen LogP) is 4.17. The summed E-state index contributed by atoms with van der Waals surface area (Å²) in [7, 11) is 0. The topological polar surface area (TPSA) is 26.3 Å². The molecule has 0 amide bonds. The Kier molecular flexibility index (Phi) is 5.72. The van der Waals surface area contributed by atoms with Gasteiger partial charge in [0.15, 0.2) is 0 Å². The molecule has 0 fully saturated rings. The summed E-state index contributed by atoms with van der Waals surface area (Å²) in [5, 5.41) is 0. The van der Waals surface area contributed by atoms with Crippen molar-refractivity contribution >= 4 is 21.9 Å². The molecule has 1 aromatic rings. The second-order valence-corrected chi connectivity index (χ2v) is 4.70. The molecule has 0 aliphatic rings. The Labute approximate surface area is 113 Å². The first-order chi connectivity index (χ1) is 8.52. The van der Waals surface area contributed by atoms with Crippen LogP contribution in [0.2, 0.25) is 0 Å². The van der Waals surface area contributed by atoms with Gasteiger partial charge < -0.3 is 4.74 Å². The molecule has 5 heteroatoms. The highest BCUT2D eigenvalue weighted by atomic mass is 79.9. The molecule has 0 aromatic heterocycles. The quantitative estimate of drug-likeness (QED) is 0.601. The Morgan fingerprint density at radius 1 is 1.39 bits per heavy atom. The zero-order valence-corrected chi connectivity index (χ0v) is 11.9. The Balaban J connectivity index is 3.20. The second kappa shape index (κ2) is 6.83. The molecular formula is C13H15BrF2O2. The molecule has 1 rings (SSSR count). The summed E-state index contributed by atoms with van der Waals surface area (Å²) < 4.78 is 32.7. The van der Waals surface area contributed by atoms with E-state index in [1.54, 1.807) is 6.92 Å². The molecule has 2 nitrogen and oxygen atoms in total. The largest absolute Gasteiger partial charge is 0.466 e. The lowest BCUT2D eigenvalue weighted by molar-refractivity contribution is -0.145. The number of hydrogen-bond acceptors (Lipinski definition) is 2. The molecule has 0 heterocycles. The van der Waals surface area contributed by atoms with E-state index in [0.717, 1.165) is 6.07 Å². The average Bonchev–Trinajstić information content (AvgIpc) is 2.33. The first-order valence-electron chi connectivity index (χ1n) is 5.82. The predicted molar refractivity (Wildman–Crippen MR) is 68.3 cm³/mol. The number of halogens is 3. The lowest BCUT2D eigenvalue weighted by Crippen LogP contribution is -2.18. The van der Waals surface area contributed by atoms with E-state index < -0.39 is 23.5 Å². The van der Waals surface area contributed by atoms with E-state index >= 15 is 0 Å². The summed E-state index contributed by atoms with van der Waals surface area (Å²) in [5.74, 6) is -2.94. The number of carbonyl (C=O) groups is 1. The molecule has 0 saturated heterocycles. The van der Waals surface area contributed by atoms with E-state index in [0.29, 0.717) is 12.8 Å². The van der Waals surface area contributed by atoms with Crippen LogP contribution in [0.1, 0.15) is 38.2 Å². The van der Waals surface area contributed by atoms with Gasteiger partial charge in [-0.25, -0.2) is 8.78 Å². The van der Waals surface area contributed by atoms with E-state index in [4.69, 9.17) is 4.74 Å². The monoisotopic (exact) mass is 320 g/mol. The highest BCUT2D eigenvalue weighted by molar-refractivity contribution is 9.10. The number of carbonyl (C=O) groups excluding carboxylic acids is 1. The molecule has 0 saturated carbocycles. The van der Waals surface area contributed by atoms with Crippen molar-refractivity contribution in [3.8, 4) is 0 Å². The first-order valence-corrected chi connectivity index (χ1v) is 6.62. The van der Waals surface area contributed by atoms with E-state index in [2.05, 4.69) is 15.9 Å². The zero-order chi connectivity index (χ0) is 13.7. The van der Waals surface area contributed by atoms with Gasteiger partial charge in [0.2, 0.25) is 0 Å². The second-order valence-electron chi connectivity index (χ2n) is 3.85. The van der Waals surface area contributed by atoms with Crippen molar-refractivity contribution in [2.45, 2.75) is 32.6 Å². The lowest BCUT2D eigenvalue weighted by Gasteiger charge is -2.17. The van der Waals surface area contributed by atoms with Crippen molar-refractivity contribution in [1.29, 1.82) is 0 Å². The van der Waals surface area contributed by atoms with Crippen LogP contribution in [0.25, 0.3) is 0 Å². The van der Waals surface area contributed by atoms with Gasteiger partial charge in [-0.05, 0) is 41.4 Å². The Morgan fingerprint density at radius 2 is 2.06 bits per heavy atom. The molecule has 0 aliphatic heterocycles. The summed E-state index contributed by atoms with van der Waals surface area (Å²) in [4.78, 5) is 11.8. The third-order valence-corrected chi connectivity index (χ3v) is 3.19. The molecule has 0 radical (unpaired) electrons. The maximum atomic E-state index is 13.9.